The summed E-state index contributed by atoms with van der Waals surface area (Å²) in [5, 5.41) is 15.2. The molecule has 7 heteroatoms. The maximum absolute atomic E-state index is 13.0. The smallest absolute Gasteiger partial charge is 0.165 e. The number of aryl methyl sites for hydroxylation is 1. The number of hydrogen-bond acceptors (Lipinski definition) is 7. The van der Waals surface area contributed by atoms with Crippen molar-refractivity contribution in [1.82, 2.24) is 10.6 Å². The summed E-state index contributed by atoms with van der Waals surface area (Å²) < 4.78 is 0. The van der Waals surface area contributed by atoms with Crippen LogP contribution >= 0.6 is 23.5 Å². The maximum atomic E-state index is 13.0. The van der Waals surface area contributed by atoms with Crippen LogP contribution in [0, 0.1) is 0 Å². The lowest BCUT2D eigenvalue weighted by Crippen LogP contribution is -2.50. The number of aliphatic hydroxyl groups is 1. The normalized spacial score (nSPS) is 33.3. The van der Waals surface area contributed by atoms with Crippen LogP contribution in [0.25, 0.3) is 0 Å². The Morgan fingerprint density at radius 2 is 1.88 bits per heavy atom. The number of nitrogens with one attached hydrogen (secondary N) is 2. The van der Waals surface area contributed by atoms with Crippen molar-refractivity contribution in [2.75, 3.05) is 18.4 Å². The molecule has 3 aliphatic rings. The van der Waals surface area contributed by atoms with E-state index in [1.54, 1.807) is 11.8 Å². The van der Waals surface area contributed by atoms with Crippen LogP contribution in [-0.4, -0.2) is 57.6 Å². The van der Waals surface area contributed by atoms with Crippen LogP contribution in [-0.2, 0) is 16.0 Å². The molecule has 0 spiro atoms. The van der Waals surface area contributed by atoms with Crippen molar-refractivity contribution in [1.29, 1.82) is 0 Å². The fraction of sp³-hybridized carbons (Fsp3) is 0.579. The lowest BCUT2D eigenvalue weighted by atomic mass is 9.91. The molecule has 1 aromatic rings. The number of carbonyl (C=O) groups excluding carboxylic acids is 2. The fourth-order valence-electron chi connectivity index (χ4n) is 4.26. The van der Waals surface area contributed by atoms with E-state index in [2.05, 4.69) is 28.8 Å². The highest BCUT2D eigenvalue weighted by Gasteiger charge is 2.44. The minimum Gasteiger partial charge on any atom is -0.395 e. The van der Waals surface area contributed by atoms with Gasteiger partial charge in [0.05, 0.1) is 23.1 Å². The summed E-state index contributed by atoms with van der Waals surface area (Å²) >= 11 is 3.07. The minimum atomic E-state index is -0.435. The number of ketones is 2. The molecule has 0 saturated carbocycles. The van der Waals surface area contributed by atoms with Crippen molar-refractivity contribution in [3.05, 3.63) is 35.4 Å². The molecule has 5 nitrogen and oxygen atoms in total. The van der Waals surface area contributed by atoms with Crippen LogP contribution in [0.5, 0.6) is 0 Å². The van der Waals surface area contributed by atoms with Crippen LogP contribution < -0.4 is 10.6 Å². The molecule has 5 atom stereocenters. The number of hydrogen-bond donors (Lipinski definition) is 3. The molecule has 2 aliphatic heterocycles. The molecule has 3 unspecified atom stereocenters. The van der Waals surface area contributed by atoms with Gasteiger partial charge in [0.2, 0.25) is 0 Å². The van der Waals surface area contributed by atoms with E-state index in [0.29, 0.717) is 18.2 Å². The summed E-state index contributed by atoms with van der Waals surface area (Å²) in [6, 6.07) is 7.74. The van der Waals surface area contributed by atoms with Crippen molar-refractivity contribution >= 4 is 35.1 Å². The Balaban J connectivity index is 1.43. The SMILES string of the molecule is O=C(CC1CCc2ccccc21)C1SCN[C@@H]1C(=O)C1SCN[C@@H]1CO. The van der Waals surface area contributed by atoms with E-state index in [4.69, 9.17) is 0 Å². The number of rotatable bonds is 6. The Kier molecular flexibility index (Phi) is 5.71. The van der Waals surface area contributed by atoms with E-state index in [1.807, 2.05) is 6.07 Å². The van der Waals surface area contributed by atoms with E-state index in [1.165, 1.54) is 22.9 Å². The first-order valence-corrected chi connectivity index (χ1v) is 11.2. The molecule has 0 amide bonds. The molecule has 1 aromatic carbocycles. The van der Waals surface area contributed by atoms with Crippen molar-refractivity contribution in [3.8, 4) is 0 Å². The summed E-state index contributed by atoms with van der Waals surface area (Å²) in [5.41, 5.74) is 2.66. The van der Waals surface area contributed by atoms with Crippen molar-refractivity contribution < 1.29 is 14.7 Å². The lowest BCUT2D eigenvalue weighted by molar-refractivity contribution is -0.125. The number of benzene rings is 1. The Morgan fingerprint density at radius 1 is 1.12 bits per heavy atom. The third-order valence-corrected chi connectivity index (χ3v) is 8.13. The minimum absolute atomic E-state index is 0.0502. The molecule has 0 aromatic heterocycles. The van der Waals surface area contributed by atoms with Gasteiger partial charge in [-0.15, -0.1) is 23.5 Å². The molecule has 4 rings (SSSR count). The predicted molar refractivity (Wildman–Crippen MR) is 106 cm³/mol. The second kappa shape index (κ2) is 8.02. The monoisotopic (exact) mass is 392 g/mol. The molecule has 2 fully saturated rings. The fourth-order valence-corrected chi connectivity index (χ4v) is 6.64. The molecule has 0 radical (unpaired) electrons. The first-order valence-electron chi connectivity index (χ1n) is 9.14. The number of fused-ring (bicyclic) bond motifs is 1. The summed E-state index contributed by atoms with van der Waals surface area (Å²) in [6.45, 7) is -0.0548. The average molecular weight is 393 g/mol. The number of Topliss-reactive ketones (excluding diaryl/α,β-unsaturated/α-hetero) is 2. The highest BCUT2D eigenvalue weighted by molar-refractivity contribution is 8.01. The molecule has 3 N–H and O–H groups in total. The second-order valence-electron chi connectivity index (χ2n) is 7.15. The van der Waals surface area contributed by atoms with Crippen LogP contribution in [0.1, 0.15) is 29.9 Å². The topological polar surface area (TPSA) is 78.4 Å². The van der Waals surface area contributed by atoms with Gasteiger partial charge in [-0.05, 0) is 29.9 Å². The highest BCUT2D eigenvalue weighted by Crippen LogP contribution is 2.37. The van der Waals surface area contributed by atoms with Crippen molar-refractivity contribution in [3.63, 3.8) is 0 Å². The first-order chi connectivity index (χ1) is 12.7. The predicted octanol–water partition coefficient (Wildman–Crippen LogP) is 1.30. The zero-order chi connectivity index (χ0) is 18.1. The Morgan fingerprint density at radius 3 is 2.73 bits per heavy atom. The van der Waals surface area contributed by atoms with Gasteiger partial charge < -0.3 is 10.4 Å². The summed E-state index contributed by atoms with van der Waals surface area (Å²) in [7, 11) is 0. The summed E-state index contributed by atoms with van der Waals surface area (Å²) in [5.74, 6) is 1.80. The van der Waals surface area contributed by atoms with E-state index >= 15 is 0 Å². The van der Waals surface area contributed by atoms with E-state index < -0.39 is 6.04 Å². The Hall–Kier alpha value is -0.860. The Bertz CT molecular complexity index is 699. The van der Waals surface area contributed by atoms with Crippen LogP contribution in [0.3, 0.4) is 0 Å². The standard InChI is InChI=1S/C19H24N2O3S2/c22-8-14-18(25-9-20-14)17(24)16-19(26-10-21-16)15(23)7-12-6-5-11-3-1-2-4-13(11)12/h1-4,12,14,16,18-22H,5-10H2/t12?,14-,16-,18?,19?/m1/s1. The summed E-state index contributed by atoms with van der Waals surface area (Å²) in [6.07, 6.45) is 2.57. The first kappa shape index (κ1) is 18.5. The zero-order valence-electron chi connectivity index (χ0n) is 14.5. The third-order valence-electron chi connectivity index (χ3n) is 5.65. The van der Waals surface area contributed by atoms with Gasteiger partial charge in [0.15, 0.2) is 5.78 Å². The molecule has 26 heavy (non-hydrogen) atoms. The van der Waals surface area contributed by atoms with Gasteiger partial charge in [-0.25, -0.2) is 0 Å². The zero-order valence-corrected chi connectivity index (χ0v) is 16.2. The van der Waals surface area contributed by atoms with Crippen LogP contribution in [0.2, 0.25) is 0 Å². The molecular weight excluding hydrogens is 368 g/mol. The van der Waals surface area contributed by atoms with E-state index in [0.717, 1.165) is 12.8 Å². The Labute approximate surface area is 162 Å². The van der Waals surface area contributed by atoms with Gasteiger partial charge in [-0.2, -0.15) is 0 Å². The molecule has 140 valence electrons. The highest BCUT2D eigenvalue weighted by atomic mass is 32.2. The number of carbonyl (C=O) groups is 2. The van der Waals surface area contributed by atoms with Gasteiger partial charge in [-0.1, -0.05) is 24.3 Å². The lowest BCUT2D eigenvalue weighted by Gasteiger charge is -2.23. The molecule has 0 bridgehead atoms. The summed E-state index contributed by atoms with van der Waals surface area (Å²) in [4.78, 5) is 26.0. The van der Waals surface area contributed by atoms with Gasteiger partial charge >= 0.3 is 0 Å². The third kappa shape index (κ3) is 3.47. The van der Waals surface area contributed by atoms with Crippen molar-refractivity contribution in [2.45, 2.75) is 47.8 Å². The van der Waals surface area contributed by atoms with Crippen LogP contribution in [0.4, 0.5) is 0 Å². The van der Waals surface area contributed by atoms with Crippen molar-refractivity contribution in [2.24, 2.45) is 0 Å². The average Bonchev–Trinajstić information content (AvgIpc) is 3.40. The number of aliphatic hydroxyl groups excluding tert-OH is 1. The quantitative estimate of drug-likeness (QED) is 0.673. The number of thioether (sulfide) groups is 2. The van der Waals surface area contributed by atoms with Gasteiger partial charge in [0.1, 0.15) is 5.78 Å². The van der Waals surface area contributed by atoms with E-state index in [-0.39, 0.29) is 40.6 Å². The molecular formula is C19H24N2O3S2. The molecule has 2 heterocycles. The molecule has 2 saturated heterocycles. The maximum Gasteiger partial charge on any atom is 0.165 e. The largest absolute Gasteiger partial charge is 0.395 e. The van der Waals surface area contributed by atoms with Crippen LogP contribution in [0.15, 0.2) is 24.3 Å². The van der Waals surface area contributed by atoms with E-state index in [9.17, 15) is 14.7 Å². The molecule has 1 aliphatic carbocycles. The van der Waals surface area contributed by atoms with Gasteiger partial charge in [0.25, 0.3) is 0 Å². The second-order valence-corrected chi connectivity index (χ2v) is 9.41. The van der Waals surface area contributed by atoms with Gasteiger partial charge in [0, 0.05) is 24.2 Å². The van der Waals surface area contributed by atoms with Gasteiger partial charge in [-0.3, -0.25) is 14.9 Å².